The van der Waals surface area contributed by atoms with Crippen LogP contribution in [0.5, 0.6) is 0 Å². The Morgan fingerprint density at radius 2 is 2.08 bits per heavy atom. The Bertz CT molecular complexity index is 182. The van der Waals surface area contributed by atoms with Gasteiger partial charge in [0, 0.05) is 18.5 Å². The van der Waals surface area contributed by atoms with Gasteiger partial charge in [-0.25, -0.2) is 0 Å². The molecule has 1 saturated heterocycles. The first-order valence-electron chi connectivity index (χ1n) is 5.02. The number of piperidine rings is 1. The quantitative estimate of drug-likeness (QED) is 0.657. The zero-order valence-electron chi connectivity index (χ0n) is 9.01. The van der Waals surface area contributed by atoms with Crippen LogP contribution in [0.4, 0.5) is 0 Å². The average molecular weight is 186 g/mol. The summed E-state index contributed by atoms with van der Waals surface area (Å²) in [4.78, 5) is 2.27. The fraction of sp³-hybridized carbons (Fsp3) is 1.00. The van der Waals surface area contributed by atoms with Crippen LogP contribution in [0.25, 0.3) is 0 Å². The summed E-state index contributed by atoms with van der Waals surface area (Å²) in [6.07, 6.45) is 1.56. The van der Waals surface area contributed by atoms with E-state index in [4.69, 9.17) is 5.73 Å². The molecule has 0 aliphatic carbocycles. The van der Waals surface area contributed by atoms with E-state index in [0.29, 0.717) is 13.0 Å². The Morgan fingerprint density at radius 1 is 1.46 bits per heavy atom. The zero-order chi connectivity index (χ0) is 10.1. The van der Waals surface area contributed by atoms with E-state index in [9.17, 15) is 5.11 Å². The molecule has 0 radical (unpaired) electrons. The molecule has 1 aliphatic heterocycles. The molecule has 1 aliphatic rings. The molecule has 3 N–H and O–H groups in total. The second kappa shape index (κ2) is 3.56. The van der Waals surface area contributed by atoms with Gasteiger partial charge in [-0.2, -0.15) is 0 Å². The third-order valence-electron chi connectivity index (χ3n) is 3.39. The van der Waals surface area contributed by atoms with E-state index in [0.717, 1.165) is 19.5 Å². The molecule has 0 aromatic rings. The van der Waals surface area contributed by atoms with Crippen LogP contribution in [0, 0.1) is 5.41 Å². The molecule has 1 heterocycles. The van der Waals surface area contributed by atoms with E-state index < -0.39 is 5.60 Å². The molecule has 0 amide bonds. The highest BCUT2D eigenvalue weighted by Gasteiger charge is 2.45. The van der Waals surface area contributed by atoms with Gasteiger partial charge in [-0.05, 0) is 26.4 Å². The molecule has 1 rings (SSSR count). The van der Waals surface area contributed by atoms with Crippen molar-refractivity contribution in [1.82, 2.24) is 4.90 Å². The third-order valence-corrected chi connectivity index (χ3v) is 3.39. The summed E-state index contributed by atoms with van der Waals surface area (Å²) < 4.78 is 0. The molecule has 1 atom stereocenters. The molecular weight excluding hydrogens is 164 g/mol. The number of likely N-dealkylation sites (tertiary alicyclic amines) is 1. The van der Waals surface area contributed by atoms with Crippen LogP contribution in [0.3, 0.4) is 0 Å². The molecule has 1 unspecified atom stereocenters. The van der Waals surface area contributed by atoms with Gasteiger partial charge in [0.25, 0.3) is 0 Å². The lowest BCUT2D eigenvalue weighted by molar-refractivity contribution is -0.117. The van der Waals surface area contributed by atoms with Gasteiger partial charge in [0.1, 0.15) is 0 Å². The number of rotatable bonds is 2. The van der Waals surface area contributed by atoms with Crippen molar-refractivity contribution < 1.29 is 5.11 Å². The minimum atomic E-state index is -0.561. The van der Waals surface area contributed by atoms with Gasteiger partial charge in [-0.15, -0.1) is 0 Å². The van der Waals surface area contributed by atoms with Crippen molar-refractivity contribution in [2.45, 2.75) is 32.3 Å². The Balaban J connectivity index is 2.73. The first-order chi connectivity index (χ1) is 5.91. The molecular formula is C10H22N2O. The minimum Gasteiger partial charge on any atom is -0.389 e. The highest BCUT2D eigenvalue weighted by Crippen LogP contribution is 2.40. The predicted molar refractivity (Wildman–Crippen MR) is 54.5 cm³/mol. The van der Waals surface area contributed by atoms with Gasteiger partial charge in [0.05, 0.1) is 5.60 Å². The van der Waals surface area contributed by atoms with Crippen molar-refractivity contribution in [2.75, 3.05) is 26.7 Å². The lowest BCUT2D eigenvalue weighted by atomic mass is 9.68. The number of nitrogens with two attached hydrogens (primary N) is 1. The number of hydrogen-bond donors (Lipinski definition) is 2. The zero-order valence-corrected chi connectivity index (χ0v) is 9.01. The highest BCUT2D eigenvalue weighted by atomic mass is 16.3. The van der Waals surface area contributed by atoms with E-state index in [1.807, 2.05) is 0 Å². The molecule has 3 nitrogen and oxygen atoms in total. The molecule has 0 aromatic carbocycles. The summed E-state index contributed by atoms with van der Waals surface area (Å²) in [5.74, 6) is 0. The van der Waals surface area contributed by atoms with Crippen molar-refractivity contribution in [1.29, 1.82) is 0 Å². The normalized spacial score (nSPS) is 34.8. The molecule has 1 fully saturated rings. The highest BCUT2D eigenvalue weighted by molar-refractivity contribution is 4.98. The Hall–Kier alpha value is -0.120. The van der Waals surface area contributed by atoms with Crippen LogP contribution >= 0.6 is 0 Å². The molecule has 78 valence electrons. The number of aliphatic hydroxyl groups is 1. The van der Waals surface area contributed by atoms with Gasteiger partial charge in [-0.1, -0.05) is 13.8 Å². The number of hydrogen-bond acceptors (Lipinski definition) is 3. The maximum absolute atomic E-state index is 10.4. The van der Waals surface area contributed by atoms with Crippen LogP contribution in [-0.4, -0.2) is 42.3 Å². The summed E-state index contributed by atoms with van der Waals surface area (Å²) in [7, 11) is 2.10. The van der Waals surface area contributed by atoms with E-state index >= 15 is 0 Å². The van der Waals surface area contributed by atoms with Gasteiger partial charge in [-0.3, -0.25) is 0 Å². The van der Waals surface area contributed by atoms with Crippen LogP contribution < -0.4 is 5.73 Å². The van der Waals surface area contributed by atoms with Crippen molar-refractivity contribution in [2.24, 2.45) is 11.1 Å². The SMILES string of the molecule is CN1CCC(O)(CCN)C(C)(C)C1. The smallest absolute Gasteiger partial charge is 0.0734 e. The van der Waals surface area contributed by atoms with E-state index in [2.05, 4.69) is 25.8 Å². The minimum absolute atomic E-state index is 0.0423. The second-order valence-electron chi connectivity index (χ2n) is 4.94. The van der Waals surface area contributed by atoms with Gasteiger partial charge >= 0.3 is 0 Å². The molecule has 0 aromatic heterocycles. The lowest BCUT2D eigenvalue weighted by Gasteiger charge is -2.49. The third kappa shape index (κ3) is 2.03. The number of nitrogens with zero attached hydrogens (tertiary/aromatic N) is 1. The lowest BCUT2D eigenvalue weighted by Crippen LogP contribution is -2.57. The van der Waals surface area contributed by atoms with Gasteiger partial charge in [0.2, 0.25) is 0 Å². The van der Waals surface area contributed by atoms with Crippen LogP contribution in [0.2, 0.25) is 0 Å². The van der Waals surface area contributed by atoms with E-state index in [-0.39, 0.29) is 5.41 Å². The molecule has 0 saturated carbocycles. The molecule has 13 heavy (non-hydrogen) atoms. The summed E-state index contributed by atoms with van der Waals surface area (Å²) in [6, 6.07) is 0. The molecule has 0 spiro atoms. The van der Waals surface area contributed by atoms with Gasteiger partial charge < -0.3 is 15.7 Å². The second-order valence-corrected chi connectivity index (χ2v) is 4.94. The van der Waals surface area contributed by atoms with Crippen molar-refractivity contribution in [3.8, 4) is 0 Å². The van der Waals surface area contributed by atoms with E-state index in [1.54, 1.807) is 0 Å². The van der Waals surface area contributed by atoms with Crippen LogP contribution in [0.15, 0.2) is 0 Å². The van der Waals surface area contributed by atoms with Crippen LogP contribution in [-0.2, 0) is 0 Å². The van der Waals surface area contributed by atoms with Crippen LogP contribution in [0.1, 0.15) is 26.7 Å². The first kappa shape index (κ1) is 11.0. The fourth-order valence-electron chi connectivity index (χ4n) is 2.32. The first-order valence-corrected chi connectivity index (χ1v) is 5.02. The maximum Gasteiger partial charge on any atom is 0.0734 e. The Labute approximate surface area is 80.9 Å². The summed E-state index contributed by atoms with van der Waals surface area (Å²) >= 11 is 0. The fourth-order valence-corrected chi connectivity index (χ4v) is 2.32. The summed E-state index contributed by atoms with van der Waals surface area (Å²) in [5.41, 5.74) is 4.92. The molecule has 0 bridgehead atoms. The van der Waals surface area contributed by atoms with Crippen molar-refractivity contribution >= 4 is 0 Å². The maximum atomic E-state index is 10.4. The summed E-state index contributed by atoms with van der Waals surface area (Å²) in [5, 5.41) is 10.4. The largest absolute Gasteiger partial charge is 0.389 e. The van der Waals surface area contributed by atoms with Crippen molar-refractivity contribution in [3.05, 3.63) is 0 Å². The molecule has 3 heteroatoms. The summed E-state index contributed by atoms with van der Waals surface area (Å²) in [6.45, 7) is 6.74. The van der Waals surface area contributed by atoms with Gasteiger partial charge in [0.15, 0.2) is 0 Å². The Kier molecular flexibility index (Phi) is 3.00. The predicted octanol–water partition coefficient (Wildman–Crippen LogP) is 0.428. The standard InChI is InChI=1S/C10H22N2O/c1-9(2)8-12(3)7-5-10(9,13)4-6-11/h13H,4-8,11H2,1-3H3. The van der Waals surface area contributed by atoms with Crippen molar-refractivity contribution in [3.63, 3.8) is 0 Å². The Morgan fingerprint density at radius 3 is 2.54 bits per heavy atom. The average Bonchev–Trinajstić information content (AvgIpc) is 1.98. The van der Waals surface area contributed by atoms with E-state index in [1.165, 1.54) is 0 Å². The topological polar surface area (TPSA) is 49.5 Å². The monoisotopic (exact) mass is 186 g/mol.